The first-order valence-corrected chi connectivity index (χ1v) is 8.35. The highest BCUT2D eigenvalue weighted by Gasteiger charge is 2.34. The fourth-order valence-corrected chi connectivity index (χ4v) is 2.93. The lowest BCUT2D eigenvalue weighted by Crippen LogP contribution is -2.45. The molecule has 2 aromatic rings. The fourth-order valence-electron chi connectivity index (χ4n) is 2.93. The van der Waals surface area contributed by atoms with Crippen LogP contribution in [-0.2, 0) is 4.79 Å². The number of hydrogen-bond donors (Lipinski definition) is 2. The fraction of sp³-hybridized carbons (Fsp3) is 0.263. The molecule has 2 aromatic carbocycles. The molecule has 0 saturated carbocycles. The van der Waals surface area contributed by atoms with Crippen LogP contribution >= 0.6 is 0 Å². The molecule has 0 radical (unpaired) electrons. The highest BCUT2D eigenvalue weighted by molar-refractivity contribution is 5.99. The third kappa shape index (κ3) is 3.93. The van der Waals surface area contributed by atoms with Gasteiger partial charge in [-0.05, 0) is 49.2 Å². The van der Waals surface area contributed by atoms with E-state index in [1.54, 1.807) is 43.5 Å². The summed E-state index contributed by atoms with van der Waals surface area (Å²) >= 11 is 0. The number of benzene rings is 2. The van der Waals surface area contributed by atoms with Gasteiger partial charge in [-0.25, -0.2) is 9.18 Å². The van der Waals surface area contributed by atoms with E-state index < -0.39 is 17.9 Å². The van der Waals surface area contributed by atoms with Crippen LogP contribution in [0.2, 0.25) is 0 Å². The Morgan fingerprint density at radius 1 is 1.12 bits per heavy atom. The zero-order valence-corrected chi connectivity index (χ0v) is 14.4. The predicted octanol–water partition coefficient (Wildman–Crippen LogP) is 3.47. The first-order chi connectivity index (χ1) is 12.6. The summed E-state index contributed by atoms with van der Waals surface area (Å²) in [6.07, 6.45) is 1.28. The van der Waals surface area contributed by atoms with E-state index in [0.717, 1.165) is 0 Å². The topological polar surface area (TPSA) is 70.7 Å². The minimum absolute atomic E-state index is 0.0960. The average Bonchev–Trinajstić information content (AvgIpc) is 3.14. The number of hydrogen-bond acceptors (Lipinski definition) is 3. The minimum atomic E-state index is -0.594. The molecule has 0 aliphatic carbocycles. The number of amides is 3. The number of carbonyl (C=O) groups excluding carboxylic acids is 2. The van der Waals surface area contributed by atoms with Crippen molar-refractivity contribution in [2.45, 2.75) is 18.9 Å². The molecule has 1 heterocycles. The first kappa shape index (κ1) is 17.7. The Balaban J connectivity index is 1.65. The number of methoxy groups -OCH3 is 1. The van der Waals surface area contributed by atoms with Crippen molar-refractivity contribution in [1.82, 2.24) is 4.90 Å². The van der Waals surface area contributed by atoms with Gasteiger partial charge in [0, 0.05) is 12.2 Å². The van der Waals surface area contributed by atoms with Gasteiger partial charge in [0.1, 0.15) is 17.6 Å². The zero-order chi connectivity index (χ0) is 18.5. The molecule has 2 N–H and O–H groups in total. The van der Waals surface area contributed by atoms with Crippen molar-refractivity contribution in [3.63, 3.8) is 0 Å². The van der Waals surface area contributed by atoms with Gasteiger partial charge >= 0.3 is 6.03 Å². The van der Waals surface area contributed by atoms with Crippen LogP contribution in [0.1, 0.15) is 12.8 Å². The molecule has 136 valence electrons. The molecule has 3 rings (SSSR count). The van der Waals surface area contributed by atoms with Gasteiger partial charge in [-0.15, -0.1) is 0 Å². The van der Waals surface area contributed by atoms with Crippen LogP contribution in [0.25, 0.3) is 0 Å². The Bertz CT molecular complexity index is 795. The molecular weight excluding hydrogens is 337 g/mol. The van der Waals surface area contributed by atoms with Crippen LogP contribution in [0.5, 0.6) is 5.75 Å². The maximum absolute atomic E-state index is 13.7. The summed E-state index contributed by atoms with van der Waals surface area (Å²) in [5, 5.41) is 5.34. The van der Waals surface area contributed by atoms with E-state index in [4.69, 9.17) is 4.74 Å². The number of nitrogens with zero attached hydrogens (tertiary/aromatic N) is 1. The number of anilines is 2. The third-order valence-electron chi connectivity index (χ3n) is 4.29. The van der Waals surface area contributed by atoms with E-state index >= 15 is 0 Å². The van der Waals surface area contributed by atoms with Crippen molar-refractivity contribution in [2.75, 3.05) is 24.3 Å². The van der Waals surface area contributed by atoms with Gasteiger partial charge in [-0.1, -0.05) is 12.1 Å². The molecule has 0 aromatic heterocycles. The highest BCUT2D eigenvalue weighted by Crippen LogP contribution is 2.22. The Morgan fingerprint density at radius 2 is 1.85 bits per heavy atom. The summed E-state index contributed by atoms with van der Waals surface area (Å²) in [6.45, 7) is 0.445. The Morgan fingerprint density at radius 3 is 2.54 bits per heavy atom. The number of ether oxygens (including phenoxy) is 1. The van der Waals surface area contributed by atoms with Gasteiger partial charge in [-0.3, -0.25) is 4.79 Å². The predicted molar refractivity (Wildman–Crippen MR) is 96.8 cm³/mol. The molecule has 1 saturated heterocycles. The second-order valence-electron chi connectivity index (χ2n) is 5.98. The minimum Gasteiger partial charge on any atom is -0.497 e. The summed E-state index contributed by atoms with van der Waals surface area (Å²) in [5.74, 6) is -0.0922. The molecule has 6 nitrogen and oxygen atoms in total. The quantitative estimate of drug-likeness (QED) is 0.880. The second kappa shape index (κ2) is 7.86. The summed E-state index contributed by atoms with van der Waals surface area (Å²) in [4.78, 5) is 26.5. The average molecular weight is 357 g/mol. The molecule has 1 atom stereocenters. The van der Waals surface area contributed by atoms with E-state index in [1.807, 2.05) is 0 Å². The van der Waals surface area contributed by atoms with Gasteiger partial charge in [0.2, 0.25) is 5.91 Å². The number of likely N-dealkylation sites (tertiary alicyclic amines) is 1. The number of urea groups is 1. The SMILES string of the molecule is COc1ccc(NC(=O)[C@H]2CCCN2C(=O)Nc2ccccc2F)cc1. The largest absolute Gasteiger partial charge is 0.497 e. The zero-order valence-electron chi connectivity index (χ0n) is 14.4. The second-order valence-corrected chi connectivity index (χ2v) is 5.98. The number of halogens is 1. The molecular formula is C19H20FN3O3. The number of rotatable bonds is 4. The van der Waals surface area contributed by atoms with Crippen molar-refractivity contribution in [3.05, 3.63) is 54.3 Å². The maximum atomic E-state index is 13.7. The lowest BCUT2D eigenvalue weighted by atomic mass is 10.2. The number of nitrogens with one attached hydrogen (secondary N) is 2. The summed E-state index contributed by atoms with van der Waals surface area (Å²) in [7, 11) is 1.57. The summed E-state index contributed by atoms with van der Waals surface area (Å²) < 4.78 is 18.8. The summed E-state index contributed by atoms with van der Waals surface area (Å²) in [6, 6.07) is 11.8. The van der Waals surface area contributed by atoms with Gasteiger partial charge in [0.05, 0.1) is 12.8 Å². The summed E-state index contributed by atoms with van der Waals surface area (Å²) in [5.41, 5.74) is 0.718. The lowest BCUT2D eigenvalue weighted by Gasteiger charge is -2.24. The molecule has 26 heavy (non-hydrogen) atoms. The lowest BCUT2D eigenvalue weighted by molar-refractivity contribution is -0.119. The van der Waals surface area contributed by atoms with Gasteiger partial charge in [-0.2, -0.15) is 0 Å². The van der Waals surface area contributed by atoms with Crippen LogP contribution < -0.4 is 15.4 Å². The molecule has 0 spiro atoms. The van der Waals surface area contributed by atoms with Crippen molar-refractivity contribution in [1.29, 1.82) is 0 Å². The van der Waals surface area contributed by atoms with Crippen LogP contribution in [0.4, 0.5) is 20.6 Å². The highest BCUT2D eigenvalue weighted by atomic mass is 19.1. The third-order valence-corrected chi connectivity index (χ3v) is 4.29. The number of para-hydroxylation sites is 1. The Kier molecular flexibility index (Phi) is 5.36. The molecule has 1 fully saturated rings. The molecule has 0 unspecified atom stereocenters. The van der Waals surface area contributed by atoms with E-state index in [2.05, 4.69) is 10.6 Å². The smallest absolute Gasteiger partial charge is 0.322 e. The van der Waals surface area contributed by atoms with Crippen molar-refractivity contribution in [2.24, 2.45) is 0 Å². The maximum Gasteiger partial charge on any atom is 0.322 e. The molecule has 7 heteroatoms. The van der Waals surface area contributed by atoms with Crippen molar-refractivity contribution in [3.8, 4) is 5.75 Å². The van der Waals surface area contributed by atoms with Crippen molar-refractivity contribution < 1.29 is 18.7 Å². The van der Waals surface area contributed by atoms with Gasteiger partial charge in [0.15, 0.2) is 0 Å². The van der Waals surface area contributed by atoms with Crippen LogP contribution in [0, 0.1) is 5.82 Å². The first-order valence-electron chi connectivity index (χ1n) is 8.35. The van der Waals surface area contributed by atoms with E-state index in [-0.39, 0.29) is 11.6 Å². The van der Waals surface area contributed by atoms with Crippen molar-refractivity contribution >= 4 is 23.3 Å². The molecule has 3 amide bonds. The van der Waals surface area contributed by atoms with Crippen LogP contribution in [-0.4, -0.2) is 36.5 Å². The molecule has 1 aliphatic rings. The van der Waals surface area contributed by atoms with E-state index in [0.29, 0.717) is 30.8 Å². The van der Waals surface area contributed by atoms with E-state index in [1.165, 1.54) is 17.0 Å². The van der Waals surface area contributed by atoms with Crippen LogP contribution in [0.3, 0.4) is 0 Å². The van der Waals surface area contributed by atoms with Gasteiger partial charge < -0.3 is 20.3 Å². The molecule has 1 aliphatic heterocycles. The molecule has 0 bridgehead atoms. The standard InChI is InChI=1S/C19H20FN3O3/c1-26-14-10-8-13(9-11-14)21-18(24)17-7-4-12-23(17)19(25)22-16-6-3-2-5-15(16)20/h2-3,5-6,8-11,17H,4,7,12H2,1H3,(H,21,24)(H,22,25)/t17-/m1/s1. The monoisotopic (exact) mass is 357 g/mol. The number of carbonyl (C=O) groups is 2. The Hall–Kier alpha value is -3.09. The normalized spacial score (nSPS) is 16.2. The van der Waals surface area contributed by atoms with Gasteiger partial charge in [0.25, 0.3) is 0 Å². The van der Waals surface area contributed by atoms with Crippen LogP contribution in [0.15, 0.2) is 48.5 Å². The van der Waals surface area contributed by atoms with E-state index in [9.17, 15) is 14.0 Å². The Labute approximate surface area is 150 Å².